The molecule has 0 aliphatic rings. The van der Waals surface area contributed by atoms with E-state index < -0.39 is 0 Å². The Morgan fingerprint density at radius 3 is 2.75 bits per heavy atom. The fourth-order valence-electron chi connectivity index (χ4n) is 1.79. The van der Waals surface area contributed by atoms with Crippen molar-refractivity contribution in [3.63, 3.8) is 0 Å². The molecule has 1 atom stereocenters. The molecule has 0 aliphatic carbocycles. The molecule has 2 nitrogen and oxygen atoms in total. The van der Waals surface area contributed by atoms with Crippen LogP contribution in [-0.4, -0.2) is 12.6 Å². The number of ether oxygens (including phenoxy) is 1. The SMILES string of the molecule is NC(COc1cccc(Cl)c1)Cc1ccc(F)cc1Br. The van der Waals surface area contributed by atoms with E-state index in [0.29, 0.717) is 23.8 Å². The lowest BCUT2D eigenvalue weighted by atomic mass is 10.1. The normalized spacial score (nSPS) is 12.2. The highest BCUT2D eigenvalue weighted by atomic mass is 79.9. The summed E-state index contributed by atoms with van der Waals surface area (Å²) in [7, 11) is 0. The van der Waals surface area contributed by atoms with Crippen molar-refractivity contribution in [3.8, 4) is 5.75 Å². The van der Waals surface area contributed by atoms with E-state index >= 15 is 0 Å². The van der Waals surface area contributed by atoms with Gasteiger partial charge >= 0.3 is 0 Å². The Labute approximate surface area is 130 Å². The van der Waals surface area contributed by atoms with E-state index in [4.69, 9.17) is 22.1 Å². The third kappa shape index (κ3) is 4.47. The smallest absolute Gasteiger partial charge is 0.124 e. The molecule has 106 valence electrons. The average molecular weight is 359 g/mol. The molecule has 20 heavy (non-hydrogen) atoms. The van der Waals surface area contributed by atoms with E-state index in [1.807, 2.05) is 12.1 Å². The monoisotopic (exact) mass is 357 g/mol. The molecule has 0 bridgehead atoms. The van der Waals surface area contributed by atoms with Gasteiger partial charge in [0.2, 0.25) is 0 Å². The topological polar surface area (TPSA) is 35.2 Å². The fraction of sp³-hybridized carbons (Fsp3) is 0.200. The minimum atomic E-state index is -0.274. The number of halogens is 3. The Kier molecular flexibility index (Phi) is 5.40. The number of benzene rings is 2. The summed E-state index contributed by atoms with van der Waals surface area (Å²) in [5.41, 5.74) is 6.98. The van der Waals surface area contributed by atoms with Gasteiger partial charge in [-0.3, -0.25) is 0 Å². The zero-order valence-electron chi connectivity index (χ0n) is 10.7. The summed E-state index contributed by atoms with van der Waals surface area (Å²) in [6, 6.07) is 11.6. The number of rotatable bonds is 5. The molecule has 0 spiro atoms. The van der Waals surface area contributed by atoms with Crippen LogP contribution >= 0.6 is 27.5 Å². The van der Waals surface area contributed by atoms with Crippen molar-refractivity contribution < 1.29 is 9.13 Å². The highest BCUT2D eigenvalue weighted by molar-refractivity contribution is 9.10. The predicted octanol–water partition coefficient (Wildman–Crippen LogP) is 4.19. The summed E-state index contributed by atoms with van der Waals surface area (Å²) in [5, 5.41) is 0.623. The van der Waals surface area contributed by atoms with Gasteiger partial charge in [0.1, 0.15) is 18.2 Å². The molecule has 2 N–H and O–H groups in total. The maximum atomic E-state index is 13.0. The van der Waals surface area contributed by atoms with Crippen molar-refractivity contribution in [1.82, 2.24) is 0 Å². The van der Waals surface area contributed by atoms with Crippen molar-refractivity contribution >= 4 is 27.5 Å². The van der Waals surface area contributed by atoms with Crippen LogP contribution in [0.4, 0.5) is 4.39 Å². The van der Waals surface area contributed by atoms with Crippen LogP contribution in [0.2, 0.25) is 5.02 Å². The van der Waals surface area contributed by atoms with E-state index in [1.165, 1.54) is 12.1 Å². The minimum absolute atomic E-state index is 0.184. The highest BCUT2D eigenvalue weighted by Crippen LogP contribution is 2.20. The lowest BCUT2D eigenvalue weighted by Gasteiger charge is -2.14. The Bertz CT molecular complexity index is 594. The third-order valence-corrected chi connectivity index (χ3v) is 3.73. The van der Waals surface area contributed by atoms with Gasteiger partial charge in [-0.05, 0) is 42.3 Å². The summed E-state index contributed by atoms with van der Waals surface area (Å²) in [4.78, 5) is 0. The Hall–Kier alpha value is -1.10. The largest absolute Gasteiger partial charge is 0.492 e. The molecule has 0 radical (unpaired) electrons. The number of hydrogen-bond acceptors (Lipinski definition) is 2. The van der Waals surface area contributed by atoms with Gasteiger partial charge in [0, 0.05) is 15.5 Å². The molecule has 0 aromatic heterocycles. The molecule has 5 heteroatoms. The van der Waals surface area contributed by atoms with Gasteiger partial charge < -0.3 is 10.5 Å². The van der Waals surface area contributed by atoms with Crippen molar-refractivity contribution in [2.45, 2.75) is 12.5 Å². The van der Waals surface area contributed by atoms with Crippen molar-refractivity contribution in [1.29, 1.82) is 0 Å². The van der Waals surface area contributed by atoms with Gasteiger partial charge in [0.15, 0.2) is 0 Å². The highest BCUT2D eigenvalue weighted by Gasteiger charge is 2.09. The van der Waals surface area contributed by atoms with Crippen LogP contribution in [0.5, 0.6) is 5.75 Å². The van der Waals surface area contributed by atoms with E-state index in [2.05, 4.69) is 15.9 Å². The lowest BCUT2D eigenvalue weighted by Crippen LogP contribution is -2.30. The van der Waals surface area contributed by atoms with Crippen LogP contribution < -0.4 is 10.5 Å². The number of hydrogen-bond donors (Lipinski definition) is 1. The molecule has 0 fully saturated rings. The van der Waals surface area contributed by atoms with Gasteiger partial charge in [-0.15, -0.1) is 0 Å². The molecule has 0 saturated carbocycles. The zero-order chi connectivity index (χ0) is 14.5. The van der Waals surface area contributed by atoms with Crippen LogP contribution in [0.3, 0.4) is 0 Å². The van der Waals surface area contributed by atoms with Gasteiger partial charge in [0.25, 0.3) is 0 Å². The molecule has 2 aromatic carbocycles. The van der Waals surface area contributed by atoms with E-state index in [1.54, 1.807) is 18.2 Å². The third-order valence-electron chi connectivity index (χ3n) is 2.76. The molecule has 0 saturated heterocycles. The van der Waals surface area contributed by atoms with Gasteiger partial charge in [-0.25, -0.2) is 4.39 Å². The van der Waals surface area contributed by atoms with E-state index in [0.717, 1.165) is 10.0 Å². The van der Waals surface area contributed by atoms with Crippen LogP contribution in [0.1, 0.15) is 5.56 Å². The Morgan fingerprint density at radius 1 is 1.25 bits per heavy atom. The Morgan fingerprint density at radius 2 is 2.05 bits per heavy atom. The zero-order valence-corrected chi connectivity index (χ0v) is 13.0. The van der Waals surface area contributed by atoms with Crippen LogP contribution in [0.25, 0.3) is 0 Å². The first-order chi connectivity index (χ1) is 9.54. The van der Waals surface area contributed by atoms with Gasteiger partial charge in [0.05, 0.1) is 0 Å². The maximum absolute atomic E-state index is 13.0. The first-order valence-corrected chi connectivity index (χ1v) is 7.29. The molecule has 0 amide bonds. The standard InChI is InChI=1S/C15H14BrClFNO/c16-15-8-12(18)5-4-10(15)6-13(19)9-20-14-3-1-2-11(17)7-14/h1-5,7-8,13H,6,9,19H2. The minimum Gasteiger partial charge on any atom is -0.492 e. The quantitative estimate of drug-likeness (QED) is 0.870. The average Bonchev–Trinajstić information content (AvgIpc) is 2.40. The predicted molar refractivity (Wildman–Crippen MR) is 82.7 cm³/mol. The molecule has 2 rings (SSSR count). The second-order valence-electron chi connectivity index (χ2n) is 4.47. The summed E-state index contributed by atoms with van der Waals surface area (Å²) in [5.74, 6) is 0.412. The van der Waals surface area contributed by atoms with Crippen molar-refractivity contribution in [2.75, 3.05) is 6.61 Å². The summed E-state index contributed by atoms with van der Waals surface area (Å²) in [6.07, 6.45) is 0.599. The molecule has 2 aromatic rings. The summed E-state index contributed by atoms with van der Waals surface area (Å²) in [6.45, 7) is 0.365. The summed E-state index contributed by atoms with van der Waals surface area (Å²) >= 11 is 9.20. The van der Waals surface area contributed by atoms with Gasteiger partial charge in [-0.1, -0.05) is 39.7 Å². The second-order valence-corrected chi connectivity index (χ2v) is 5.76. The van der Waals surface area contributed by atoms with Crippen LogP contribution in [0, 0.1) is 5.82 Å². The van der Waals surface area contributed by atoms with Crippen LogP contribution in [-0.2, 0) is 6.42 Å². The van der Waals surface area contributed by atoms with E-state index in [-0.39, 0.29) is 11.9 Å². The second kappa shape index (κ2) is 7.07. The first-order valence-electron chi connectivity index (χ1n) is 6.12. The van der Waals surface area contributed by atoms with Crippen molar-refractivity contribution in [2.24, 2.45) is 5.73 Å². The molecular formula is C15H14BrClFNO. The molecular weight excluding hydrogens is 345 g/mol. The molecule has 0 aliphatic heterocycles. The molecule has 0 heterocycles. The lowest BCUT2D eigenvalue weighted by molar-refractivity contribution is 0.287. The summed E-state index contributed by atoms with van der Waals surface area (Å²) < 4.78 is 19.3. The first kappa shape index (κ1) is 15.3. The van der Waals surface area contributed by atoms with Crippen molar-refractivity contribution in [3.05, 3.63) is 63.3 Å². The van der Waals surface area contributed by atoms with Gasteiger partial charge in [-0.2, -0.15) is 0 Å². The fourth-order valence-corrected chi connectivity index (χ4v) is 2.48. The maximum Gasteiger partial charge on any atom is 0.124 e. The number of nitrogens with two attached hydrogens (primary N) is 1. The molecule has 1 unspecified atom stereocenters. The Balaban J connectivity index is 1.90. The van der Waals surface area contributed by atoms with E-state index in [9.17, 15) is 4.39 Å². The van der Waals surface area contributed by atoms with Crippen LogP contribution in [0.15, 0.2) is 46.9 Å².